The van der Waals surface area contributed by atoms with Gasteiger partial charge in [-0.05, 0) is 43.4 Å². The topological polar surface area (TPSA) is 51.2 Å². The predicted octanol–water partition coefficient (Wildman–Crippen LogP) is 2.51. The Morgan fingerprint density at radius 3 is 2.81 bits per heavy atom. The van der Waals surface area contributed by atoms with Gasteiger partial charge in [-0.3, -0.25) is 4.98 Å². The molecule has 116 valence electrons. The van der Waals surface area contributed by atoms with Crippen LogP contribution in [0.2, 0.25) is 0 Å². The Labute approximate surface area is 122 Å². The normalized spacial score (nSPS) is 22.2. The summed E-state index contributed by atoms with van der Waals surface area (Å²) in [6.07, 6.45) is 6.17. The van der Waals surface area contributed by atoms with Gasteiger partial charge in [-0.1, -0.05) is 6.42 Å². The summed E-state index contributed by atoms with van der Waals surface area (Å²) in [6.45, 7) is 0.785. The molecule has 6 heteroatoms. The fraction of sp³-hybridized carbons (Fsp3) is 0.600. The number of alkyl halides is 2. The quantitative estimate of drug-likeness (QED) is 0.820. The van der Waals surface area contributed by atoms with Crippen LogP contribution in [0.15, 0.2) is 24.5 Å². The van der Waals surface area contributed by atoms with Gasteiger partial charge in [0.05, 0.1) is 13.2 Å². The van der Waals surface area contributed by atoms with E-state index in [1.807, 2.05) is 12.1 Å². The van der Waals surface area contributed by atoms with Gasteiger partial charge in [-0.2, -0.15) is 8.78 Å². The second-order valence-corrected chi connectivity index (χ2v) is 5.23. The van der Waals surface area contributed by atoms with Crippen molar-refractivity contribution >= 4 is 5.97 Å². The van der Waals surface area contributed by atoms with Crippen molar-refractivity contribution in [1.82, 2.24) is 10.3 Å². The highest BCUT2D eigenvalue weighted by molar-refractivity contribution is 5.77. The lowest BCUT2D eigenvalue weighted by atomic mass is 9.95. The maximum Gasteiger partial charge on any atom is 0.378 e. The maximum absolute atomic E-state index is 13.6. The van der Waals surface area contributed by atoms with Crippen molar-refractivity contribution in [3.8, 4) is 0 Å². The molecule has 1 fully saturated rings. The van der Waals surface area contributed by atoms with E-state index in [0.717, 1.165) is 24.8 Å². The molecule has 2 unspecified atom stereocenters. The van der Waals surface area contributed by atoms with Crippen LogP contribution in [0.25, 0.3) is 0 Å². The molecule has 0 bridgehead atoms. The molecule has 0 aliphatic heterocycles. The highest BCUT2D eigenvalue weighted by Crippen LogP contribution is 2.34. The van der Waals surface area contributed by atoms with Gasteiger partial charge in [-0.15, -0.1) is 0 Å². The number of nitrogens with one attached hydrogen (secondary N) is 1. The number of hydrogen-bond acceptors (Lipinski definition) is 4. The highest BCUT2D eigenvalue weighted by atomic mass is 19.3. The van der Waals surface area contributed by atoms with Gasteiger partial charge in [0, 0.05) is 18.4 Å². The van der Waals surface area contributed by atoms with Gasteiger partial charge in [-0.25, -0.2) is 4.79 Å². The van der Waals surface area contributed by atoms with E-state index < -0.39 is 18.4 Å². The fourth-order valence-electron chi connectivity index (χ4n) is 2.78. The van der Waals surface area contributed by atoms with Crippen LogP contribution in [0.3, 0.4) is 0 Å². The van der Waals surface area contributed by atoms with E-state index >= 15 is 0 Å². The number of carbonyl (C=O) groups excluding carboxylic acids is 1. The number of carbonyl (C=O) groups is 1. The molecule has 0 aromatic carbocycles. The zero-order valence-electron chi connectivity index (χ0n) is 12.0. The zero-order chi connectivity index (χ0) is 15.3. The van der Waals surface area contributed by atoms with Crippen molar-refractivity contribution in [2.75, 3.05) is 13.2 Å². The van der Waals surface area contributed by atoms with Gasteiger partial charge >= 0.3 is 11.9 Å². The SMILES string of the molecule is CCOC(=O)C(F)(F)CNC1CCCC1c1ccncc1. The molecule has 2 rings (SSSR count). The summed E-state index contributed by atoms with van der Waals surface area (Å²) in [7, 11) is 0. The largest absolute Gasteiger partial charge is 0.462 e. The number of pyridine rings is 1. The molecule has 1 heterocycles. The molecule has 1 aliphatic rings. The molecule has 4 nitrogen and oxygen atoms in total. The molecule has 1 aromatic heterocycles. The number of halogens is 2. The van der Waals surface area contributed by atoms with Crippen LogP contribution in [0.4, 0.5) is 8.78 Å². The molecule has 2 atom stereocenters. The molecule has 1 aromatic rings. The molecule has 1 aliphatic carbocycles. The first kappa shape index (κ1) is 15.8. The third-order valence-corrected chi connectivity index (χ3v) is 3.81. The van der Waals surface area contributed by atoms with Gasteiger partial charge in [0.2, 0.25) is 0 Å². The standard InChI is InChI=1S/C15H20F2N2O2/c1-2-21-14(20)15(16,17)10-19-13-5-3-4-12(13)11-6-8-18-9-7-11/h6-9,12-13,19H,2-5,10H2,1H3. The fourth-order valence-corrected chi connectivity index (χ4v) is 2.78. The lowest BCUT2D eigenvalue weighted by Crippen LogP contribution is -2.45. The summed E-state index contributed by atoms with van der Waals surface area (Å²) in [5.41, 5.74) is 1.10. The maximum atomic E-state index is 13.6. The molecule has 0 saturated heterocycles. The minimum atomic E-state index is -3.48. The molecule has 0 radical (unpaired) electrons. The molecule has 1 saturated carbocycles. The van der Waals surface area contributed by atoms with Crippen LogP contribution in [-0.4, -0.2) is 36.1 Å². The average Bonchev–Trinajstić information content (AvgIpc) is 2.95. The number of nitrogens with zero attached hydrogens (tertiary/aromatic N) is 1. The van der Waals surface area contributed by atoms with E-state index in [-0.39, 0.29) is 18.6 Å². The molecular weight excluding hydrogens is 278 g/mol. The van der Waals surface area contributed by atoms with Gasteiger partial charge in [0.1, 0.15) is 0 Å². The first-order valence-corrected chi connectivity index (χ1v) is 7.23. The number of ether oxygens (including phenoxy) is 1. The van der Waals surface area contributed by atoms with E-state index in [4.69, 9.17) is 0 Å². The van der Waals surface area contributed by atoms with E-state index in [0.29, 0.717) is 0 Å². The second-order valence-electron chi connectivity index (χ2n) is 5.23. The average molecular weight is 298 g/mol. The van der Waals surface area contributed by atoms with Crippen LogP contribution in [0, 0.1) is 0 Å². The summed E-state index contributed by atoms with van der Waals surface area (Å²) < 4.78 is 31.7. The Morgan fingerprint density at radius 2 is 2.14 bits per heavy atom. The Hall–Kier alpha value is -1.56. The summed E-state index contributed by atoms with van der Waals surface area (Å²) in [6, 6.07) is 3.77. The van der Waals surface area contributed by atoms with E-state index in [1.54, 1.807) is 12.4 Å². The Bertz CT molecular complexity index is 468. The smallest absolute Gasteiger partial charge is 0.378 e. The van der Waals surface area contributed by atoms with Crippen LogP contribution in [-0.2, 0) is 9.53 Å². The lowest BCUT2D eigenvalue weighted by Gasteiger charge is -2.23. The summed E-state index contributed by atoms with van der Waals surface area (Å²) in [5.74, 6) is -4.76. The van der Waals surface area contributed by atoms with Crippen molar-refractivity contribution in [3.63, 3.8) is 0 Å². The minimum Gasteiger partial charge on any atom is -0.462 e. The first-order valence-electron chi connectivity index (χ1n) is 7.23. The zero-order valence-corrected chi connectivity index (χ0v) is 12.0. The summed E-state index contributed by atoms with van der Waals surface area (Å²) in [4.78, 5) is 15.2. The van der Waals surface area contributed by atoms with Crippen molar-refractivity contribution in [3.05, 3.63) is 30.1 Å². The summed E-state index contributed by atoms with van der Waals surface area (Å²) >= 11 is 0. The van der Waals surface area contributed by atoms with E-state index in [9.17, 15) is 13.6 Å². The molecule has 0 spiro atoms. The molecular formula is C15H20F2N2O2. The van der Waals surface area contributed by atoms with E-state index in [2.05, 4.69) is 15.0 Å². The Morgan fingerprint density at radius 1 is 1.43 bits per heavy atom. The first-order chi connectivity index (χ1) is 10.0. The second kappa shape index (κ2) is 6.93. The molecule has 21 heavy (non-hydrogen) atoms. The van der Waals surface area contributed by atoms with E-state index in [1.165, 1.54) is 6.92 Å². The lowest BCUT2D eigenvalue weighted by molar-refractivity contribution is -0.170. The van der Waals surface area contributed by atoms with Crippen LogP contribution in [0.1, 0.15) is 37.7 Å². The number of hydrogen-bond donors (Lipinski definition) is 1. The van der Waals surface area contributed by atoms with Crippen LogP contribution >= 0.6 is 0 Å². The minimum absolute atomic E-state index is 0.0442. The molecule has 1 N–H and O–H groups in total. The van der Waals surface area contributed by atoms with Gasteiger partial charge < -0.3 is 10.1 Å². The summed E-state index contributed by atoms with van der Waals surface area (Å²) in [5, 5.41) is 2.84. The van der Waals surface area contributed by atoms with Gasteiger partial charge in [0.25, 0.3) is 0 Å². The molecule has 0 amide bonds. The number of rotatable bonds is 6. The number of esters is 1. The van der Waals surface area contributed by atoms with Crippen LogP contribution in [0.5, 0.6) is 0 Å². The third kappa shape index (κ3) is 3.97. The predicted molar refractivity (Wildman–Crippen MR) is 74.2 cm³/mol. The van der Waals surface area contributed by atoms with Crippen molar-refractivity contribution in [2.24, 2.45) is 0 Å². The van der Waals surface area contributed by atoms with Crippen LogP contribution < -0.4 is 5.32 Å². The van der Waals surface area contributed by atoms with Crippen molar-refractivity contribution in [1.29, 1.82) is 0 Å². The van der Waals surface area contributed by atoms with Crippen molar-refractivity contribution in [2.45, 2.75) is 44.1 Å². The number of aromatic nitrogens is 1. The highest BCUT2D eigenvalue weighted by Gasteiger charge is 2.41. The van der Waals surface area contributed by atoms with Crippen molar-refractivity contribution < 1.29 is 18.3 Å². The monoisotopic (exact) mass is 298 g/mol. The Balaban J connectivity index is 1.94. The third-order valence-electron chi connectivity index (χ3n) is 3.81. The van der Waals surface area contributed by atoms with Gasteiger partial charge in [0.15, 0.2) is 0 Å². The Kier molecular flexibility index (Phi) is 5.22.